The smallest absolute Gasteiger partial charge is 0.226 e. The maximum Gasteiger partial charge on any atom is 0.226 e. The van der Waals surface area contributed by atoms with Crippen LogP contribution < -0.4 is 0 Å². The van der Waals surface area contributed by atoms with Crippen molar-refractivity contribution >= 4 is 32.4 Å². The fourth-order valence-corrected chi connectivity index (χ4v) is 4.86. The lowest BCUT2D eigenvalue weighted by atomic mass is 9.97. The van der Waals surface area contributed by atoms with Crippen molar-refractivity contribution < 1.29 is 4.21 Å². The molecule has 1 aliphatic carbocycles. The number of rotatable bonds is 2. The summed E-state index contributed by atoms with van der Waals surface area (Å²) < 4.78 is 13.6. The monoisotopic (exact) mass is 333 g/mol. The van der Waals surface area contributed by atoms with E-state index in [1.807, 2.05) is 6.92 Å². The third-order valence-electron chi connectivity index (χ3n) is 3.91. The molecule has 0 fully saturated rings. The normalized spacial score (nSPS) is 15.9. The second-order valence-electron chi connectivity index (χ2n) is 5.42. The molecule has 0 saturated heterocycles. The van der Waals surface area contributed by atoms with Crippen LogP contribution in [0.3, 0.4) is 0 Å². The maximum absolute atomic E-state index is 11.9. The van der Waals surface area contributed by atoms with Crippen LogP contribution in [0.4, 0.5) is 0 Å². The van der Waals surface area contributed by atoms with E-state index in [-0.39, 0.29) is 0 Å². The quantitative estimate of drug-likeness (QED) is 0.719. The molecule has 1 atom stereocenters. The SMILES string of the molecule is Cc1nc(-n2cnnc2S(C)=O)c2c3c(sc2n1)CCCC3. The first-order chi connectivity index (χ1) is 10.6. The predicted molar refractivity (Wildman–Crippen MR) is 86.0 cm³/mol. The zero-order valence-corrected chi connectivity index (χ0v) is 14.0. The van der Waals surface area contributed by atoms with Gasteiger partial charge in [-0.25, -0.2) is 9.97 Å². The Morgan fingerprint density at radius 3 is 2.91 bits per heavy atom. The van der Waals surface area contributed by atoms with Gasteiger partial charge in [-0.15, -0.1) is 21.5 Å². The van der Waals surface area contributed by atoms with Crippen molar-refractivity contribution in [3.05, 3.63) is 22.6 Å². The van der Waals surface area contributed by atoms with E-state index in [2.05, 4.69) is 20.2 Å². The number of hydrogen-bond donors (Lipinski definition) is 0. The summed E-state index contributed by atoms with van der Waals surface area (Å²) in [6, 6.07) is 0. The molecule has 8 heteroatoms. The molecule has 0 saturated carbocycles. The molecule has 3 aromatic heterocycles. The van der Waals surface area contributed by atoms with E-state index in [9.17, 15) is 4.21 Å². The second-order valence-corrected chi connectivity index (χ2v) is 7.78. The second kappa shape index (κ2) is 5.20. The maximum atomic E-state index is 11.9. The molecule has 0 spiro atoms. The van der Waals surface area contributed by atoms with Gasteiger partial charge < -0.3 is 0 Å². The Hall–Kier alpha value is -1.67. The van der Waals surface area contributed by atoms with E-state index in [0.29, 0.717) is 11.0 Å². The first-order valence-electron chi connectivity index (χ1n) is 7.18. The summed E-state index contributed by atoms with van der Waals surface area (Å²) in [4.78, 5) is 11.6. The van der Waals surface area contributed by atoms with Gasteiger partial charge in [0.2, 0.25) is 5.16 Å². The van der Waals surface area contributed by atoms with Gasteiger partial charge in [0.25, 0.3) is 0 Å². The minimum Gasteiger partial charge on any atom is -0.257 e. The van der Waals surface area contributed by atoms with Crippen molar-refractivity contribution in [2.24, 2.45) is 0 Å². The highest BCUT2D eigenvalue weighted by Crippen LogP contribution is 2.38. The molecule has 3 heterocycles. The van der Waals surface area contributed by atoms with Crippen LogP contribution in [0.25, 0.3) is 16.0 Å². The lowest BCUT2D eigenvalue weighted by Gasteiger charge is -2.12. The highest BCUT2D eigenvalue weighted by atomic mass is 32.2. The van der Waals surface area contributed by atoms with E-state index >= 15 is 0 Å². The lowest BCUT2D eigenvalue weighted by Crippen LogP contribution is -2.07. The van der Waals surface area contributed by atoms with E-state index in [1.165, 1.54) is 23.3 Å². The zero-order chi connectivity index (χ0) is 15.3. The highest BCUT2D eigenvalue weighted by molar-refractivity contribution is 7.84. The molecule has 1 aliphatic rings. The van der Waals surface area contributed by atoms with Gasteiger partial charge in [-0.2, -0.15) is 0 Å². The van der Waals surface area contributed by atoms with Gasteiger partial charge in [-0.1, -0.05) is 0 Å². The van der Waals surface area contributed by atoms with Crippen LogP contribution in [0.15, 0.2) is 11.5 Å². The van der Waals surface area contributed by atoms with Crippen LogP contribution in [0.2, 0.25) is 0 Å². The van der Waals surface area contributed by atoms with Crippen molar-refractivity contribution in [2.75, 3.05) is 6.26 Å². The molecule has 1 unspecified atom stereocenters. The summed E-state index contributed by atoms with van der Waals surface area (Å²) in [5, 5.41) is 9.40. The molecule has 0 bridgehead atoms. The van der Waals surface area contributed by atoms with Crippen LogP contribution in [-0.4, -0.2) is 35.2 Å². The minimum absolute atomic E-state index is 0.426. The van der Waals surface area contributed by atoms with Crippen molar-refractivity contribution in [3.8, 4) is 5.82 Å². The Balaban J connectivity index is 2.06. The van der Waals surface area contributed by atoms with Crippen molar-refractivity contribution in [1.29, 1.82) is 0 Å². The van der Waals surface area contributed by atoms with Gasteiger partial charge in [0.1, 0.15) is 17.0 Å². The summed E-state index contributed by atoms with van der Waals surface area (Å²) in [5.41, 5.74) is 1.35. The Kier molecular flexibility index (Phi) is 3.30. The Morgan fingerprint density at radius 2 is 2.09 bits per heavy atom. The predicted octanol–water partition coefficient (Wildman–Crippen LogP) is 2.20. The molecule has 6 nitrogen and oxygen atoms in total. The average Bonchev–Trinajstić information content (AvgIpc) is 3.10. The van der Waals surface area contributed by atoms with E-state index in [0.717, 1.165) is 28.9 Å². The average molecular weight is 333 g/mol. The Labute approximate surface area is 134 Å². The van der Waals surface area contributed by atoms with Crippen molar-refractivity contribution in [2.45, 2.75) is 37.8 Å². The lowest BCUT2D eigenvalue weighted by molar-refractivity contribution is 0.674. The van der Waals surface area contributed by atoms with Crippen molar-refractivity contribution in [1.82, 2.24) is 24.7 Å². The van der Waals surface area contributed by atoms with Crippen LogP contribution >= 0.6 is 11.3 Å². The third kappa shape index (κ3) is 2.09. The van der Waals surface area contributed by atoms with Crippen molar-refractivity contribution in [3.63, 3.8) is 0 Å². The van der Waals surface area contributed by atoms with E-state index in [4.69, 9.17) is 0 Å². The number of nitrogens with zero attached hydrogens (tertiary/aromatic N) is 5. The summed E-state index contributed by atoms with van der Waals surface area (Å²) in [7, 11) is -1.22. The van der Waals surface area contributed by atoms with Crippen LogP contribution in [0, 0.1) is 6.92 Å². The van der Waals surface area contributed by atoms with Gasteiger partial charge in [-0.05, 0) is 38.2 Å². The third-order valence-corrected chi connectivity index (χ3v) is 5.89. The molecule has 0 radical (unpaired) electrons. The van der Waals surface area contributed by atoms with E-state index in [1.54, 1.807) is 28.5 Å². The van der Waals surface area contributed by atoms with E-state index < -0.39 is 10.8 Å². The van der Waals surface area contributed by atoms with Gasteiger partial charge in [-0.3, -0.25) is 8.78 Å². The van der Waals surface area contributed by atoms with Gasteiger partial charge in [0.05, 0.1) is 16.2 Å². The molecular weight excluding hydrogens is 318 g/mol. The van der Waals surface area contributed by atoms with Gasteiger partial charge >= 0.3 is 0 Å². The summed E-state index contributed by atoms with van der Waals surface area (Å²) in [5.74, 6) is 1.47. The Bertz CT molecular complexity index is 898. The fourth-order valence-electron chi connectivity index (χ4n) is 2.98. The first kappa shape index (κ1) is 14.0. The molecule has 0 N–H and O–H groups in total. The highest BCUT2D eigenvalue weighted by Gasteiger charge is 2.23. The standard InChI is InChI=1S/C14H15N5OS2/c1-8-16-12(19-7-15-18-14(19)22(2)20)11-9-5-3-4-6-10(9)21-13(11)17-8/h7H,3-6H2,1-2H3. The molecule has 0 aliphatic heterocycles. The Morgan fingerprint density at radius 1 is 1.27 bits per heavy atom. The molecule has 0 aromatic carbocycles. The molecule has 22 heavy (non-hydrogen) atoms. The number of aryl methyl sites for hydroxylation is 3. The van der Waals surface area contributed by atoms with Crippen LogP contribution in [0.1, 0.15) is 29.1 Å². The van der Waals surface area contributed by atoms with Gasteiger partial charge in [0, 0.05) is 11.1 Å². The van der Waals surface area contributed by atoms with Gasteiger partial charge in [0.15, 0.2) is 5.82 Å². The largest absolute Gasteiger partial charge is 0.257 e. The summed E-state index contributed by atoms with van der Waals surface area (Å²) >= 11 is 1.76. The van der Waals surface area contributed by atoms with Crippen LogP contribution in [-0.2, 0) is 23.6 Å². The summed E-state index contributed by atoms with van der Waals surface area (Å²) in [6.45, 7) is 1.88. The molecule has 0 amide bonds. The molecule has 3 aromatic rings. The number of fused-ring (bicyclic) bond motifs is 3. The molecule has 4 rings (SSSR count). The number of aromatic nitrogens is 5. The fraction of sp³-hybridized carbons (Fsp3) is 0.429. The number of thiophene rings is 1. The molecular formula is C14H15N5OS2. The first-order valence-corrected chi connectivity index (χ1v) is 9.55. The zero-order valence-electron chi connectivity index (χ0n) is 12.4. The molecule has 114 valence electrons. The minimum atomic E-state index is -1.22. The van der Waals surface area contributed by atoms with Crippen LogP contribution in [0.5, 0.6) is 0 Å². The topological polar surface area (TPSA) is 73.6 Å². The summed E-state index contributed by atoms with van der Waals surface area (Å²) in [6.07, 6.45) is 7.80. The number of hydrogen-bond acceptors (Lipinski definition) is 6.